The van der Waals surface area contributed by atoms with Crippen LogP contribution in [0.3, 0.4) is 0 Å². The summed E-state index contributed by atoms with van der Waals surface area (Å²) in [5.41, 5.74) is -0.617. The molecule has 5 nitrogen and oxygen atoms in total. The first-order valence-electron chi connectivity index (χ1n) is 6.91. The van der Waals surface area contributed by atoms with Gasteiger partial charge in [0.1, 0.15) is 11.6 Å². The van der Waals surface area contributed by atoms with Crippen LogP contribution in [-0.2, 0) is 9.53 Å². The molecule has 0 aromatic carbocycles. The zero-order valence-electron chi connectivity index (χ0n) is 12.2. The molecular formula is C14H25NO4. The second-order valence-corrected chi connectivity index (χ2v) is 6.48. The van der Waals surface area contributed by atoms with Crippen LogP contribution >= 0.6 is 0 Å². The van der Waals surface area contributed by atoms with Gasteiger partial charge < -0.3 is 15.2 Å². The molecule has 1 aliphatic rings. The number of nitrogens with one attached hydrogen (secondary N) is 1. The molecule has 19 heavy (non-hydrogen) atoms. The molecule has 110 valence electrons. The molecule has 2 N–H and O–H groups in total. The highest BCUT2D eigenvalue weighted by Gasteiger charge is 2.33. The molecule has 5 heteroatoms. The Labute approximate surface area is 114 Å². The van der Waals surface area contributed by atoms with Crippen LogP contribution in [0.2, 0.25) is 0 Å². The number of hydrogen-bond donors (Lipinski definition) is 2. The smallest absolute Gasteiger partial charge is 0.408 e. The van der Waals surface area contributed by atoms with Crippen LogP contribution in [0.5, 0.6) is 0 Å². The maximum Gasteiger partial charge on any atom is 0.408 e. The molecule has 0 unspecified atom stereocenters. The summed E-state index contributed by atoms with van der Waals surface area (Å²) in [6, 6.07) is -0.845. The SMILES string of the molecule is CC1CCC([C@@H](NC(=O)OC(C)(C)C)C(=O)O)CC1. The van der Waals surface area contributed by atoms with Crippen molar-refractivity contribution in [3.63, 3.8) is 0 Å². The molecule has 0 spiro atoms. The van der Waals surface area contributed by atoms with E-state index in [-0.39, 0.29) is 5.92 Å². The number of alkyl carbamates (subject to hydrolysis) is 1. The normalized spacial score (nSPS) is 25.5. The molecule has 0 bridgehead atoms. The van der Waals surface area contributed by atoms with Crippen LogP contribution < -0.4 is 5.32 Å². The van der Waals surface area contributed by atoms with Gasteiger partial charge in [0.15, 0.2) is 0 Å². The van der Waals surface area contributed by atoms with Crippen molar-refractivity contribution in [3.05, 3.63) is 0 Å². The molecule has 0 aromatic heterocycles. The van der Waals surface area contributed by atoms with Crippen LogP contribution in [0.25, 0.3) is 0 Å². The first-order chi connectivity index (χ1) is 8.69. The molecular weight excluding hydrogens is 246 g/mol. The number of aliphatic carboxylic acids is 1. The number of hydrogen-bond acceptors (Lipinski definition) is 3. The van der Waals surface area contributed by atoms with Gasteiger partial charge in [0, 0.05) is 0 Å². The van der Waals surface area contributed by atoms with Crippen molar-refractivity contribution in [3.8, 4) is 0 Å². The first-order valence-corrected chi connectivity index (χ1v) is 6.91. The van der Waals surface area contributed by atoms with Crippen molar-refractivity contribution in [2.45, 2.75) is 65.0 Å². The zero-order chi connectivity index (χ0) is 14.6. The van der Waals surface area contributed by atoms with Gasteiger partial charge in [-0.2, -0.15) is 0 Å². The standard InChI is InChI=1S/C14H25NO4/c1-9-5-7-10(8-6-9)11(12(16)17)15-13(18)19-14(2,3)4/h9-11H,5-8H2,1-4H3,(H,15,18)(H,16,17)/t9?,10?,11-/m1/s1. The minimum absolute atomic E-state index is 0.00113. The Hall–Kier alpha value is -1.26. The van der Waals surface area contributed by atoms with Crippen molar-refractivity contribution in [1.29, 1.82) is 0 Å². The molecule has 0 aromatic rings. The largest absolute Gasteiger partial charge is 0.480 e. The average molecular weight is 271 g/mol. The van der Waals surface area contributed by atoms with E-state index >= 15 is 0 Å². The molecule has 0 heterocycles. The fraction of sp³-hybridized carbons (Fsp3) is 0.857. The van der Waals surface area contributed by atoms with Crippen molar-refractivity contribution < 1.29 is 19.4 Å². The van der Waals surface area contributed by atoms with E-state index < -0.39 is 23.7 Å². The van der Waals surface area contributed by atoms with Crippen molar-refractivity contribution >= 4 is 12.1 Å². The van der Waals surface area contributed by atoms with Gasteiger partial charge in [0.05, 0.1) is 0 Å². The van der Waals surface area contributed by atoms with Gasteiger partial charge in [-0.15, -0.1) is 0 Å². The van der Waals surface area contributed by atoms with Crippen molar-refractivity contribution in [2.24, 2.45) is 11.8 Å². The fourth-order valence-corrected chi connectivity index (χ4v) is 2.43. The Morgan fingerprint density at radius 2 is 1.74 bits per heavy atom. The van der Waals surface area contributed by atoms with Crippen LogP contribution in [0.4, 0.5) is 4.79 Å². The Morgan fingerprint density at radius 3 is 2.16 bits per heavy atom. The zero-order valence-corrected chi connectivity index (χ0v) is 12.2. The number of carbonyl (C=O) groups is 2. The van der Waals surface area contributed by atoms with E-state index in [0.717, 1.165) is 25.7 Å². The van der Waals surface area contributed by atoms with Gasteiger partial charge in [0.25, 0.3) is 0 Å². The second kappa shape index (κ2) is 6.26. The van der Waals surface area contributed by atoms with Crippen LogP contribution in [0, 0.1) is 11.8 Å². The highest BCUT2D eigenvalue weighted by Crippen LogP contribution is 2.30. The first kappa shape index (κ1) is 15.8. The lowest BCUT2D eigenvalue weighted by Gasteiger charge is -2.31. The lowest BCUT2D eigenvalue weighted by atomic mass is 9.79. The maximum atomic E-state index is 11.7. The van der Waals surface area contributed by atoms with Gasteiger partial charge >= 0.3 is 12.1 Å². The minimum Gasteiger partial charge on any atom is -0.480 e. The van der Waals surface area contributed by atoms with E-state index in [4.69, 9.17) is 4.74 Å². The predicted octanol–water partition coefficient (Wildman–Crippen LogP) is 2.79. The average Bonchev–Trinajstić information content (AvgIpc) is 2.24. The fourth-order valence-electron chi connectivity index (χ4n) is 2.43. The van der Waals surface area contributed by atoms with Gasteiger partial charge in [-0.3, -0.25) is 0 Å². The van der Waals surface area contributed by atoms with E-state index in [2.05, 4.69) is 12.2 Å². The third-order valence-electron chi connectivity index (χ3n) is 3.47. The third-order valence-corrected chi connectivity index (χ3v) is 3.47. The molecule has 1 amide bonds. The Bertz CT molecular complexity index is 327. The summed E-state index contributed by atoms with van der Waals surface area (Å²) in [4.78, 5) is 23.0. The number of carbonyl (C=O) groups excluding carboxylic acids is 1. The summed E-state index contributed by atoms with van der Waals surface area (Å²) in [6.07, 6.45) is 3.06. The summed E-state index contributed by atoms with van der Waals surface area (Å²) in [5, 5.41) is 11.8. The summed E-state index contributed by atoms with van der Waals surface area (Å²) in [5.74, 6) is -0.334. The van der Waals surface area contributed by atoms with Crippen LogP contribution in [-0.4, -0.2) is 28.8 Å². The number of carboxylic acids is 1. The maximum absolute atomic E-state index is 11.7. The lowest BCUT2D eigenvalue weighted by Crippen LogP contribution is -2.48. The molecule has 0 radical (unpaired) electrons. The topological polar surface area (TPSA) is 75.6 Å². The molecule has 0 saturated heterocycles. The molecule has 1 saturated carbocycles. The number of amides is 1. The Kier molecular flexibility index (Phi) is 5.20. The molecule has 1 aliphatic carbocycles. The van der Waals surface area contributed by atoms with Crippen LogP contribution in [0.1, 0.15) is 53.4 Å². The molecule has 1 atom stereocenters. The third kappa shape index (κ3) is 5.49. The van der Waals surface area contributed by atoms with Gasteiger partial charge in [-0.25, -0.2) is 9.59 Å². The van der Waals surface area contributed by atoms with Gasteiger partial charge in [0.2, 0.25) is 0 Å². The van der Waals surface area contributed by atoms with E-state index in [1.807, 2.05) is 0 Å². The second-order valence-electron chi connectivity index (χ2n) is 6.48. The van der Waals surface area contributed by atoms with E-state index in [1.54, 1.807) is 20.8 Å². The summed E-state index contributed by atoms with van der Waals surface area (Å²) < 4.78 is 5.12. The predicted molar refractivity (Wildman–Crippen MR) is 71.9 cm³/mol. The van der Waals surface area contributed by atoms with Crippen molar-refractivity contribution in [1.82, 2.24) is 5.32 Å². The molecule has 1 rings (SSSR count). The van der Waals surface area contributed by atoms with E-state index in [0.29, 0.717) is 5.92 Å². The Morgan fingerprint density at radius 1 is 1.21 bits per heavy atom. The lowest BCUT2D eigenvalue weighted by molar-refractivity contribution is -0.141. The Balaban J connectivity index is 2.58. The number of carboxylic acid groups (broad SMARTS) is 1. The monoisotopic (exact) mass is 271 g/mol. The quantitative estimate of drug-likeness (QED) is 0.827. The minimum atomic E-state index is -0.981. The summed E-state index contributed by atoms with van der Waals surface area (Å²) >= 11 is 0. The van der Waals surface area contributed by atoms with Gasteiger partial charge in [-0.1, -0.05) is 19.8 Å². The molecule has 0 aliphatic heterocycles. The van der Waals surface area contributed by atoms with Gasteiger partial charge in [-0.05, 0) is 45.4 Å². The summed E-state index contributed by atoms with van der Waals surface area (Å²) in [6.45, 7) is 7.44. The number of ether oxygens (including phenoxy) is 1. The highest BCUT2D eigenvalue weighted by atomic mass is 16.6. The van der Waals surface area contributed by atoms with E-state index in [1.165, 1.54) is 0 Å². The summed E-state index contributed by atoms with van der Waals surface area (Å²) in [7, 11) is 0. The van der Waals surface area contributed by atoms with Crippen LogP contribution in [0.15, 0.2) is 0 Å². The number of rotatable bonds is 3. The molecule has 1 fully saturated rings. The van der Waals surface area contributed by atoms with Crippen molar-refractivity contribution in [2.75, 3.05) is 0 Å². The van der Waals surface area contributed by atoms with E-state index in [9.17, 15) is 14.7 Å². The highest BCUT2D eigenvalue weighted by molar-refractivity contribution is 5.80.